The molecule has 0 radical (unpaired) electrons. The Morgan fingerprint density at radius 1 is 1.24 bits per heavy atom. The quantitative estimate of drug-likeness (QED) is 0.545. The fourth-order valence-corrected chi connectivity index (χ4v) is 4.89. The van der Waals surface area contributed by atoms with Gasteiger partial charge in [0, 0.05) is 11.9 Å². The molecule has 5 nitrogen and oxygen atoms in total. The second-order valence-electron chi connectivity index (χ2n) is 6.12. The standard InChI is InChI=1S/C18H18N4OS2/c1-9-10(2)24-17-14(9)16(23)20-15(21-17)11(3)25-18-19-12-7-5-6-8-13(12)22(18)4/h5-8,11H,1-4H3,(H,20,21,23). The van der Waals surface area contributed by atoms with E-state index in [-0.39, 0.29) is 10.8 Å². The van der Waals surface area contributed by atoms with E-state index in [9.17, 15) is 4.79 Å². The minimum atomic E-state index is -0.0562. The number of benzene rings is 1. The van der Waals surface area contributed by atoms with Crippen molar-refractivity contribution in [2.75, 3.05) is 0 Å². The van der Waals surface area contributed by atoms with Crippen LogP contribution in [0.1, 0.15) is 28.4 Å². The molecule has 1 aromatic carbocycles. The van der Waals surface area contributed by atoms with Gasteiger partial charge in [0.1, 0.15) is 10.7 Å². The molecule has 0 saturated heterocycles. The van der Waals surface area contributed by atoms with Gasteiger partial charge in [-0.15, -0.1) is 11.3 Å². The number of nitrogens with zero attached hydrogens (tertiary/aromatic N) is 3. The fourth-order valence-electron chi connectivity index (χ4n) is 2.91. The van der Waals surface area contributed by atoms with Crippen LogP contribution in [0.15, 0.2) is 34.2 Å². The number of H-pyrrole nitrogens is 1. The summed E-state index contributed by atoms with van der Waals surface area (Å²) in [7, 11) is 2.01. The summed E-state index contributed by atoms with van der Waals surface area (Å²) >= 11 is 3.18. The Morgan fingerprint density at radius 2 is 2.00 bits per heavy atom. The first-order valence-corrected chi connectivity index (χ1v) is 9.73. The van der Waals surface area contributed by atoms with E-state index < -0.39 is 0 Å². The molecule has 0 bridgehead atoms. The molecule has 0 fully saturated rings. The van der Waals surface area contributed by atoms with Crippen LogP contribution < -0.4 is 5.56 Å². The Balaban J connectivity index is 1.73. The highest BCUT2D eigenvalue weighted by Gasteiger charge is 2.18. The number of para-hydroxylation sites is 2. The molecule has 0 aliphatic carbocycles. The van der Waals surface area contributed by atoms with Crippen LogP contribution in [0.2, 0.25) is 0 Å². The molecular weight excluding hydrogens is 352 g/mol. The van der Waals surface area contributed by atoms with Crippen molar-refractivity contribution >= 4 is 44.3 Å². The van der Waals surface area contributed by atoms with E-state index in [0.717, 1.165) is 31.5 Å². The predicted molar refractivity (Wildman–Crippen MR) is 105 cm³/mol. The van der Waals surface area contributed by atoms with Crippen molar-refractivity contribution in [3.8, 4) is 0 Å². The first-order chi connectivity index (χ1) is 12.0. The molecule has 1 N–H and O–H groups in total. The third-order valence-electron chi connectivity index (χ3n) is 4.47. The van der Waals surface area contributed by atoms with Crippen molar-refractivity contribution in [2.45, 2.75) is 31.2 Å². The van der Waals surface area contributed by atoms with Crippen molar-refractivity contribution < 1.29 is 0 Å². The van der Waals surface area contributed by atoms with E-state index in [2.05, 4.69) is 20.6 Å². The molecule has 4 rings (SSSR count). The zero-order valence-electron chi connectivity index (χ0n) is 14.5. The lowest BCUT2D eigenvalue weighted by Gasteiger charge is -2.10. The SMILES string of the molecule is Cc1sc2nc(C(C)Sc3nc4ccccc4n3C)[nH]c(=O)c2c1C. The van der Waals surface area contributed by atoms with Gasteiger partial charge in [-0.3, -0.25) is 4.79 Å². The summed E-state index contributed by atoms with van der Waals surface area (Å²) in [5.41, 5.74) is 3.04. The number of rotatable bonds is 3. The number of thiophene rings is 1. The van der Waals surface area contributed by atoms with Gasteiger partial charge in [0.05, 0.1) is 21.7 Å². The fraction of sp³-hybridized carbons (Fsp3) is 0.278. The highest BCUT2D eigenvalue weighted by Crippen LogP contribution is 2.35. The number of aromatic amines is 1. The number of thioether (sulfide) groups is 1. The van der Waals surface area contributed by atoms with E-state index in [0.29, 0.717) is 11.2 Å². The highest BCUT2D eigenvalue weighted by atomic mass is 32.2. The van der Waals surface area contributed by atoms with Crippen LogP contribution in [0.4, 0.5) is 0 Å². The molecule has 25 heavy (non-hydrogen) atoms. The molecule has 0 spiro atoms. The zero-order valence-corrected chi connectivity index (χ0v) is 16.1. The summed E-state index contributed by atoms with van der Waals surface area (Å²) in [6.45, 7) is 6.04. The summed E-state index contributed by atoms with van der Waals surface area (Å²) in [6.07, 6.45) is 0. The number of imidazole rings is 1. The highest BCUT2D eigenvalue weighted by molar-refractivity contribution is 7.99. The van der Waals surface area contributed by atoms with Crippen molar-refractivity contribution in [1.82, 2.24) is 19.5 Å². The first-order valence-electron chi connectivity index (χ1n) is 8.03. The lowest BCUT2D eigenvalue weighted by Crippen LogP contribution is -2.12. The minimum absolute atomic E-state index is 0.00433. The zero-order chi connectivity index (χ0) is 17.7. The van der Waals surface area contributed by atoms with E-state index in [1.165, 1.54) is 0 Å². The molecule has 0 aliphatic heterocycles. The van der Waals surface area contributed by atoms with E-state index in [1.807, 2.05) is 46.0 Å². The van der Waals surface area contributed by atoms with Crippen molar-refractivity contribution in [1.29, 1.82) is 0 Å². The normalized spacial score (nSPS) is 13.0. The molecule has 128 valence electrons. The second kappa shape index (κ2) is 6.00. The number of nitrogens with one attached hydrogen (secondary N) is 1. The van der Waals surface area contributed by atoms with Gasteiger partial charge in [0.25, 0.3) is 5.56 Å². The molecular formula is C18H18N4OS2. The van der Waals surface area contributed by atoms with E-state index in [1.54, 1.807) is 23.1 Å². The van der Waals surface area contributed by atoms with Gasteiger partial charge in [-0.25, -0.2) is 9.97 Å². The van der Waals surface area contributed by atoms with Gasteiger partial charge in [-0.05, 0) is 38.5 Å². The summed E-state index contributed by atoms with van der Waals surface area (Å²) in [4.78, 5) is 26.8. The van der Waals surface area contributed by atoms with Crippen molar-refractivity contribution in [2.24, 2.45) is 7.05 Å². The maximum atomic E-state index is 12.5. The summed E-state index contributed by atoms with van der Waals surface area (Å²) in [5, 5.41) is 1.62. The topological polar surface area (TPSA) is 63.6 Å². The number of aryl methyl sites for hydroxylation is 3. The second-order valence-corrected chi connectivity index (χ2v) is 8.63. The molecule has 3 aromatic heterocycles. The smallest absolute Gasteiger partial charge is 0.259 e. The average molecular weight is 371 g/mol. The van der Waals surface area contributed by atoms with E-state index >= 15 is 0 Å². The van der Waals surface area contributed by atoms with Gasteiger partial charge in [-0.1, -0.05) is 23.9 Å². The number of hydrogen-bond acceptors (Lipinski definition) is 5. The third-order valence-corrected chi connectivity index (χ3v) is 6.72. The third kappa shape index (κ3) is 2.67. The Hall–Kier alpha value is -2.12. The van der Waals surface area contributed by atoms with Gasteiger partial charge < -0.3 is 9.55 Å². The van der Waals surface area contributed by atoms with Crippen LogP contribution in [-0.2, 0) is 7.05 Å². The van der Waals surface area contributed by atoms with Crippen LogP contribution in [0.5, 0.6) is 0 Å². The number of aromatic nitrogens is 4. The molecule has 3 heterocycles. The summed E-state index contributed by atoms with van der Waals surface area (Å²) in [6, 6.07) is 8.06. The molecule has 1 atom stereocenters. The largest absolute Gasteiger partial charge is 0.322 e. The van der Waals surface area contributed by atoms with E-state index in [4.69, 9.17) is 4.98 Å². The maximum Gasteiger partial charge on any atom is 0.259 e. The van der Waals surface area contributed by atoms with Crippen LogP contribution >= 0.6 is 23.1 Å². The minimum Gasteiger partial charge on any atom is -0.322 e. The van der Waals surface area contributed by atoms with Crippen molar-refractivity contribution in [3.63, 3.8) is 0 Å². The van der Waals surface area contributed by atoms with Gasteiger partial charge in [0.15, 0.2) is 5.16 Å². The van der Waals surface area contributed by atoms with Crippen LogP contribution in [0, 0.1) is 13.8 Å². The molecule has 1 unspecified atom stereocenters. The average Bonchev–Trinajstić information content (AvgIpc) is 3.05. The number of fused-ring (bicyclic) bond motifs is 2. The monoisotopic (exact) mass is 370 g/mol. The van der Waals surface area contributed by atoms with Crippen LogP contribution in [-0.4, -0.2) is 19.5 Å². The number of hydrogen-bond donors (Lipinski definition) is 1. The summed E-state index contributed by atoms with van der Waals surface area (Å²) in [5.74, 6) is 0.691. The first kappa shape index (κ1) is 16.4. The lowest BCUT2D eigenvalue weighted by atomic mass is 10.2. The molecule has 4 aromatic rings. The Kier molecular flexibility index (Phi) is 3.92. The van der Waals surface area contributed by atoms with Crippen molar-refractivity contribution in [3.05, 3.63) is 50.9 Å². The predicted octanol–water partition coefficient (Wildman–Crippen LogP) is 4.34. The molecule has 0 saturated carbocycles. The van der Waals surface area contributed by atoms with Crippen LogP contribution in [0.3, 0.4) is 0 Å². The molecule has 7 heteroatoms. The Labute approximate surface area is 153 Å². The summed E-state index contributed by atoms with van der Waals surface area (Å²) < 4.78 is 2.08. The Morgan fingerprint density at radius 3 is 2.76 bits per heavy atom. The van der Waals surface area contributed by atoms with Gasteiger partial charge in [-0.2, -0.15) is 0 Å². The maximum absolute atomic E-state index is 12.5. The molecule has 0 aliphatic rings. The van der Waals surface area contributed by atoms with Crippen LogP contribution in [0.25, 0.3) is 21.3 Å². The molecule has 0 amide bonds. The Bertz CT molecular complexity index is 1160. The lowest BCUT2D eigenvalue weighted by molar-refractivity contribution is 0.806. The van der Waals surface area contributed by atoms with Gasteiger partial charge >= 0.3 is 0 Å². The van der Waals surface area contributed by atoms with Gasteiger partial charge in [0.2, 0.25) is 0 Å².